The highest BCUT2D eigenvalue weighted by atomic mass is 16.5. The Morgan fingerprint density at radius 3 is 2.33 bits per heavy atom. The molecule has 0 amide bonds. The van der Waals surface area contributed by atoms with Gasteiger partial charge >= 0.3 is 0 Å². The molecule has 1 aliphatic carbocycles. The van der Waals surface area contributed by atoms with Gasteiger partial charge in [-0.15, -0.1) is 0 Å². The zero-order chi connectivity index (χ0) is 13.2. The van der Waals surface area contributed by atoms with Gasteiger partial charge < -0.3 is 15.2 Å². The van der Waals surface area contributed by atoms with Crippen LogP contribution in [0.15, 0.2) is 12.1 Å². The number of hydrogen-bond acceptors (Lipinski definition) is 3. The molecular weight excluding hydrogens is 226 g/mol. The zero-order valence-electron chi connectivity index (χ0n) is 11.5. The van der Waals surface area contributed by atoms with E-state index >= 15 is 0 Å². The van der Waals surface area contributed by atoms with Gasteiger partial charge in [-0.1, -0.05) is 12.1 Å². The Morgan fingerprint density at radius 1 is 1.28 bits per heavy atom. The molecule has 0 saturated heterocycles. The minimum absolute atomic E-state index is 0.448. The van der Waals surface area contributed by atoms with Gasteiger partial charge in [0.1, 0.15) is 5.75 Å². The normalized spacial score (nSPS) is 17.3. The predicted octanol–water partition coefficient (Wildman–Crippen LogP) is 2.32. The summed E-state index contributed by atoms with van der Waals surface area (Å²) in [6.45, 7) is 5.62. The quantitative estimate of drug-likeness (QED) is 0.841. The fourth-order valence-corrected chi connectivity index (χ4v) is 2.67. The van der Waals surface area contributed by atoms with E-state index in [1.807, 2.05) is 0 Å². The van der Waals surface area contributed by atoms with Gasteiger partial charge in [-0.25, -0.2) is 0 Å². The standard InChI is InChI=1S/C15H23NO2/c1-11-7-13(8-12(2)14(11)18-3)9-16-10-15(17)5-4-6-15/h7-8,16-17H,4-6,9-10H2,1-3H3. The van der Waals surface area contributed by atoms with Gasteiger partial charge in [0.25, 0.3) is 0 Å². The van der Waals surface area contributed by atoms with Crippen molar-refractivity contribution in [3.05, 3.63) is 28.8 Å². The third-order valence-electron chi connectivity index (χ3n) is 3.79. The molecule has 18 heavy (non-hydrogen) atoms. The lowest BCUT2D eigenvalue weighted by molar-refractivity contribution is -0.0314. The molecule has 100 valence electrons. The Kier molecular flexibility index (Phi) is 3.93. The van der Waals surface area contributed by atoms with Crippen molar-refractivity contribution in [3.8, 4) is 5.75 Å². The number of aliphatic hydroxyl groups is 1. The number of aryl methyl sites for hydroxylation is 2. The summed E-state index contributed by atoms with van der Waals surface area (Å²) in [5.74, 6) is 0.969. The van der Waals surface area contributed by atoms with Gasteiger partial charge in [0.05, 0.1) is 12.7 Å². The van der Waals surface area contributed by atoms with E-state index in [2.05, 4.69) is 31.3 Å². The van der Waals surface area contributed by atoms with Crippen LogP contribution in [-0.2, 0) is 6.54 Å². The van der Waals surface area contributed by atoms with Gasteiger partial charge in [-0.05, 0) is 49.8 Å². The lowest BCUT2D eigenvalue weighted by Gasteiger charge is -2.36. The molecule has 0 radical (unpaired) electrons. The van der Waals surface area contributed by atoms with E-state index in [1.54, 1.807) is 7.11 Å². The molecule has 2 N–H and O–H groups in total. The molecule has 1 aromatic rings. The molecule has 0 bridgehead atoms. The highest BCUT2D eigenvalue weighted by Gasteiger charge is 2.33. The first-order valence-corrected chi connectivity index (χ1v) is 6.61. The van der Waals surface area contributed by atoms with Crippen LogP contribution in [0.2, 0.25) is 0 Å². The van der Waals surface area contributed by atoms with Crippen molar-refractivity contribution in [1.82, 2.24) is 5.32 Å². The van der Waals surface area contributed by atoms with Crippen LogP contribution in [0.4, 0.5) is 0 Å². The van der Waals surface area contributed by atoms with Crippen LogP contribution in [0.25, 0.3) is 0 Å². The van der Waals surface area contributed by atoms with Crippen molar-refractivity contribution in [1.29, 1.82) is 0 Å². The maximum absolute atomic E-state index is 10.00. The van der Waals surface area contributed by atoms with Crippen LogP contribution in [0.5, 0.6) is 5.75 Å². The van der Waals surface area contributed by atoms with Crippen LogP contribution >= 0.6 is 0 Å². The average Bonchev–Trinajstić information content (AvgIpc) is 2.26. The van der Waals surface area contributed by atoms with Crippen molar-refractivity contribution in [2.45, 2.75) is 45.3 Å². The second-order valence-corrected chi connectivity index (χ2v) is 5.44. The lowest BCUT2D eigenvalue weighted by Crippen LogP contribution is -2.45. The number of hydrogen-bond donors (Lipinski definition) is 2. The molecule has 1 aliphatic rings. The van der Waals surface area contributed by atoms with Gasteiger partial charge in [-0.2, -0.15) is 0 Å². The number of methoxy groups -OCH3 is 1. The summed E-state index contributed by atoms with van der Waals surface area (Å²) in [7, 11) is 1.71. The van der Waals surface area contributed by atoms with Gasteiger partial charge in [0.2, 0.25) is 0 Å². The summed E-state index contributed by atoms with van der Waals surface area (Å²) in [4.78, 5) is 0. The Labute approximate surface area is 109 Å². The lowest BCUT2D eigenvalue weighted by atomic mass is 9.80. The summed E-state index contributed by atoms with van der Waals surface area (Å²) in [5, 5.41) is 13.3. The fraction of sp³-hybridized carbons (Fsp3) is 0.600. The topological polar surface area (TPSA) is 41.5 Å². The van der Waals surface area contributed by atoms with Gasteiger partial charge in [0, 0.05) is 13.1 Å². The highest BCUT2D eigenvalue weighted by molar-refractivity contribution is 5.43. The average molecular weight is 249 g/mol. The fourth-order valence-electron chi connectivity index (χ4n) is 2.67. The molecule has 1 saturated carbocycles. The number of nitrogens with one attached hydrogen (secondary N) is 1. The Bertz CT molecular complexity index is 401. The maximum Gasteiger partial charge on any atom is 0.124 e. The molecule has 0 heterocycles. The molecular formula is C15H23NO2. The third-order valence-corrected chi connectivity index (χ3v) is 3.79. The first-order valence-electron chi connectivity index (χ1n) is 6.61. The van der Waals surface area contributed by atoms with E-state index in [1.165, 1.54) is 5.56 Å². The number of benzene rings is 1. The van der Waals surface area contributed by atoms with E-state index in [0.717, 1.165) is 42.7 Å². The minimum Gasteiger partial charge on any atom is -0.496 e. The first kappa shape index (κ1) is 13.4. The van der Waals surface area contributed by atoms with E-state index in [9.17, 15) is 5.11 Å². The van der Waals surface area contributed by atoms with E-state index in [0.29, 0.717) is 6.54 Å². The third kappa shape index (κ3) is 2.85. The largest absolute Gasteiger partial charge is 0.496 e. The van der Waals surface area contributed by atoms with Crippen LogP contribution in [-0.4, -0.2) is 24.4 Å². The van der Waals surface area contributed by atoms with Crippen LogP contribution in [0, 0.1) is 13.8 Å². The SMILES string of the molecule is COc1c(C)cc(CNCC2(O)CCC2)cc1C. The molecule has 0 atom stereocenters. The van der Waals surface area contributed by atoms with E-state index in [4.69, 9.17) is 4.74 Å². The Balaban J connectivity index is 1.93. The molecule has 3 nitrogen and oxygen atoms in total. The zero-order valence-corrected chi connectivity index (χ0v) is 11.5. The second kappa shape index (κ2) is 5.29. The van der Waals surface area contributed by atoms with Crippen LogP contribution in [0.1, 0.15) is 36.0 Å². The molecule has 0 unspecified atom stereocenters. The summed E-state index contributed by atoms with van der Waals surface area (Å²) in [6, 6.07) is 4.29. The van der Waals surface area contributed by atoms with E-state index in [-0.39, 0.29) is 0 Å². The molecule has 0 spiro atoms. The van der Waals surface area contributed by atoms with Crippen molar-refractivity contribution in [3.63, 3.8) is 0 Å². The monoisotopic (exact) mass is 249 g/mol. The molecule has 0 aliphatic heterocycles. The Hall–Kier alpha value is -1.06. The van der Waals surface area contributed by atoms with Crippen molar-refractivity contribution >= 4 is 0 Å². The van der Waals surface area contributed by atoms with Gasteiger partial charge in [0.15, 0.2) is 0 Å². The van der Waals surface area contributed by atoms with Gasteiger partial charge in [-0.3, -0.25) is 0 Å². The van der Waals surface area contributed by atoms with E-state index < -0.39 is 5.60 Å². The number of ether oxygens (including phenoxy) is 1. The summed E-state index contributed by atoms with van der Waals surface area (Å²) in [5.41, 5.74) is 3.12. The van der Waals surface area contributed by atoms with Crippen molar-refractivity contribution in [2.24, 2.45) is 0 Å². The Morgan fingerprint density at radius 2 is 1.89 bits per heavy atom. The first-order chi connectivity index (χ1) is 8.54. The maximum atomic E-state index is 10.00. The number of rotatable bonds is 5. The van der Waals surface area contributed by atoms with Crippen molar-refractivity contribution in [2.75, 3.05) is 13.7 Å². The summed E-state index contributed by atoms with van der Waals surface area (Å²) in [6.07, 6.45) is 3.01. The minimum atomic E-state index is -0.448. The van der Waals surface area contributed by atoms with Crippen molar-refractivity contribution < 1.29 is 9.84 Å². The summed E-state index contributed by atoms with van der Waals surface area (Å²) < 4.78 is 5.36. The molecule has 3 heteroatoms. The smallest absolute Gasteiger partial charge is 0.124 e. The molecule has 2 rings (SSSR count). The predicted molar refractivity (Wildman–Crippen MR) is 73.0 cm³/mol. The molecule has 1 fully saturated rings. The molecule has 0 aromatic heterocycles. The summed E-state index contributed by atoms with van der Waals surface area (Å²) >= 11 is 0. The molecule has 1 aromatic carbocycles. The van der Waals surface area contributed by atoms with Crippen LogP contribution < -0.4 is 10.1 Å². The highest BCUT2D eigenvalue weighted by Crippen LogP contribution is 2.30. The van der Waals surface area contributed by atoms with Crippen LogP contribution in [0.3, 0.4) is 0 Å². The second-order valence-electron chi connectivity index (χ2n) is 5.44.